The number of hydrogen-bond acceptors (Lipinski definition) is 4. The maximum absolute atomic E-state index is 12.7. The molecule has 2 amide bonds. The second kappa shape index (κ2) is 6.18. The molecule has 118 valence electrons. The van der Waals surface area contributed by atoms with Gasteiger partial charge in [0.15, 0.2) is 0 Å². The third-order valence-corrected chi connectivity index (χ3v) is 4.61. The quantitative estimate of drug-likeness (QED) is 0.772. The number of likely N-dealkylation sites (N-methyl/N-ethyl adjacent to an activating group) is 1. The molecule has 0 spiro atoms. The zero-order valence-corrected chi connectivity index (χ0v) is 13.3. The average molecular weight is 301 g/mol. The third-order valence-electron chi connectivity index (χ3n) is 4.61. The minimum absolute atomic E-state index is 0.0709. The number of carbonyl (C=O) groups is 2. The van der Waals surface area contributed by atoms with Gasteiger partial charge >= 0.3 is 0 Å². The average Bonchev–Trinajstić information content (AvgIpc) is 2.66. The second-order valence-corrected chi connectivity index (χ2v) is 6.32. The molecule has 22 heavy (non-hydrogen) atoms. The van der Waals surface area contributed by atoms with E-state index in [1.165, 1.54) is 4.90 Å². The van der Waals surface area contributed by atoms with Crippen molar-refractivity contribution in [2.24, 2.45) is 0 Å². The van der Waals surface area contributed by atoms with Crippen molar-refractivity contribution in [3.05, 3.63) is 29.8 Å². The molecule has 1 aromatic rings. The monoisotopic (exact) mass is 301 g/mol. The van der Waals surface area contributed by atoms with Gasteiger partial charge in [0, 0.05) is 19.6 Å². The second-order valence-electron chi connectivity index (χ2n) is 6.32. The van der Waals surface area contributed by atoms with Gasteiger partial charge in [-0.3, -0.25) is 14.5 Å². The molecule has 0 aliphatic carbocycles. The molecule has 1 unspecified atom stereocenters. The number of imide groups is 1. The molecule has 0 saturated carbocycles. The Morgan fingerprint density at radius 1 is 1.00 bits per heavy atom. The van der Waals surface area contributed by atoms with Crippen LogP contribution in [0.5, 0.6) is 0 Å². The zero-order valence-electron chi connectivity index (χ0n) is 13.3. The molecular weight excluding hydrogens is 278 g/mol. The summed E-state index contributed by atoms with van der Waals surface area (Å²) >= 11 is 0. The summed E-state index contributed by atoms with van der Waals surface area (Å²) in [7, 11) is 2.10. The van der Waals surface area contributed by atoms with Gasteiger partial charge in [-0.15, -0.1) is 0 Å². The first-order chi connectivity index (χ1) is 10.6. The van der Waals surface area contributed by atoms with E-state index in [4.69, 9.17) is 0 Å². The number of rotatable bonds is 2. The fourth-order valence-electron chi connectivity index (χ4n) is 3.24. The minimum atomic E-state index is -0.291. The SMILES string of the molecule is Cc1ccc(N2C(=O)CC(N3CCCN(C)CC3)C2=O)cc1. The van der Waals surface area contributed by atoms with Gasteiger partial charge in [-0.05, 0) is 39.1 Å². The maximum Gasteiger partial charge on any atom is 0.251 e. The normalized spacial score (nSPS) is 24.8. The van der Waals surface area contributed by atoms with Crippen LogP contribution in [0, 0.1) is 6.92 Å². The molecular formula is C17H23N3O2. The highest BCUT2D eigenvalue weighted by atomic mass is 16.2. The number of anilines is 1. The molecule has 2 heterocycles. The molecule has 0 bridgehead atoms. The molecule has 3 rings (SSSR count). The Morgan fingerprint density at radius 2 is 1.73 bits per heavy atom. The minimum Gasteiger partial charge on any atom is -0.305 e. The number of nitrogens with zero attached hydrogens (tertiary/aromatic N) is 3. The van der Waals surface area contributed by atoms with Crippen molar-refractivity contribution in [3.8, 4) is 0 Å². The van der Waals surface area contributed by atoms with E-state index in [0.717, 1.165) is 38.2 Å². The predicted octanol–water partition coefficient (Wildman–Crippen LogP) is 1.26. The molecule has 1 aromatic carbocycles. The van der Waals surface area contributed by atoms with Crippen molar-refractivity contribution >= 4 is 17.5 Å². The molecule has 2 fully saturated rings. The molecule has 1 atom stereocenters. The number of aryl methyl sites for hydroxylation is 1. The Morgan fingerprint density at radius 3 is 2.45 bits per heavy atom. The van der Waals surface area contributed by atoms with Gasteiger partial charge in [-0.1, -0.05) is 17.7 Å². The van der Waals surface area contributed by atoms with Crippen LogP contribution in [0.25, 0.3) is 0 Å². The molecule has 5 nitrogen and oxygen atoms in total. The van der Waals surface area contributed by atoms with Gasteiger partial charge in [0.25, 0.3) is 5.91 Å². The lowest BCUT2D eigenvalue weighted by Gasteiger charge is -2.25. The lowest BCUT2D eigenvalue weighted by Crippen LogP contribution is -2.43. The lowest BCUT2D eigenvalue weighted by atomic mass is 10.2. The lowest BCUT2D eigenvalue weighted by molar-refractivity contribution is -0.122. The molecule has 0 aromatic heterocycles. The van der Waals surface area contributed by atoms with Gasteiger partial charge in [0.2, 0.25) is 5.91 Å². The Kier molecular flexibility index (Phi) is 4.27. The fourth-order valence-corrected chi connectivity index (χ4v) is 3.24. The highest BCUT2D eigenvalue weighted by molar-refractivity contribution is 6.22. The van der Waals surface area contributed by atoms with Crippen molar-refractivity contribution in [1.82, 2.24) is 9.80 Å². The summed E-state index contributed by atoms with van der Waals surface area (Å²) < 4.78 is 0. The zero-order chi connectivity index (χ0) is 15.7. The first-order valence-electron chi connectivity index (χ1n) is 7.92. The van der Waals surface area contributed by atoms with E-state index in [1.807, 2.05) is 31.2 Å². The van der Waals surface area contributed by atoms with E-state index < -0.39 is 0 Å². The third kappa shape index (κ3) is 2.91. The van der Waals surface area contributed by atoms with Crippen LogP contribution >= 0.6 is 0 Å². The maximum atomic E-state index is 12.7. The number of hydrogen-bond donors (Lipinski definition) is 0. The van der Waals surface area contributed by atoms with Crippen molar-refractivity contribution in [3.63, 3.8) is 0 Å². The summed E-state index contributed by atoms with van der Waals surface area (Å²) in [6, 6.07) is 7.28. The van der Waals surface area contributed by atoms with Gasteiger partial charge < -0.3 is 4.90 Å². The number of amides is 2. The Balaban J connectivity index is 1.77. The molecule has 2 aliphatic heterocycles. The number of benzene rings is 1. The smallest absolute Gasteiger partial charge is 0.251 e. The van der Waals surface area contributed by atoms with E-state index >= 15 is 0 Å². The first kappa shape index (κ1) is 15.2. The van der Waals surface area contributed by atoms with Crippen LogP contribution in [0.4, 0.5) is 5.69 Å². The molecule has 2 aliphatic rings. The standard InChI is InChI=1S/C17H23N3O2/c1-13-4-6-14(7-5-13)20-16(21)12-15(17(20)22)19-9-3-8-18(2)10-11-19/h4-7,15H,3,8-12H2,1-2H3. The summed E-state index contributed by atoms with van der Waals surface area (Å²) in [4.78, 5) is 30.9. The van der Waals surface area contributed by atoms with E-state index in [2.05, 4.69) is 16.8 Å². The Bertz CT molecular complexity index is 570. The van der Waals surface area contributed by atoms with Crippen LogP contribution < -0.4 is 4.90 Å². The van der Waals surface area contributed by atoms with Gasteiger partial charge in [0.1, 0.15) is 0 Å². The van der Waals surface area contributed by atoms with Gasteiger partial charge in [-0.25, -0.2) is 4.90 Å². The van der Waals surface area contributed by atoms with Crippen LogP contribution in [-0.4, -0.2) is 60.9 Å². The summed E-state index contributed by atoms with van der Waals surface area (Å²) in [5.74, 6) is -0.158. The summed E-state index contributed by atoms with van der Waals surface area (Å²) in [6.07, 6.45) is 1.34. The van der Waals surface area contributed by atoms with Crippen molar-refractivity contribution < 1.29 is 9.59 Å². The molecule has 0 radical (unpaired) electrons. The topological polar surface area (TPSA) is 43.9 Å². The van der Waals surface area contributed by atoms with Gasteiger partial charge in [-0.2, -0.15) is 0 Å². The summed E-state index contributed by atoms with van der Waals surface area (Å²) in [5.41, 5.74) is 1.81. The van der Waals surface area contributed by atoms with Crippen molar-refractivity contribution in [2.45, 2.75) is 25.8 Å². The summed E-state index contributed by atoms with van der Waals surface area (Å²) in [5, 5.41) is 0. The highest BCUT2D eigenvalue weighted by Gasteiger charge is 2.42. The van der Waals surface area contributed by atoms with Gasteiger partial charge in [0.05, 0.1) is 18.2 Å². The van der Waals surface area contributed by atoms with E-state index in [-0.39, 0.29) is 17.9 Å². The highest BCUT2D eigenvalue weighted by Crippen LogP contribution is 2.26. The van der Waals surface area contributed by atoms with Crippen LogP contribution in [0.3, 0.4) is 0 Å². The van der Waals surface area contributed by atoms with E-state index in [0.29, 0.717) is 12.1 Å². The van der Waals surface area contributed by atoms with E-state index in [1.54, 1.807) is 0 Å². The fraction of sp³-hybridized carbons (Fsp3) is 0.529. The van der Waals surface area contributed by atoms with Crippen LogP contribution in [0.15, 0.2) is 24.3 Å². The van der Waals surface area contributed by atoms with Crippen LogP contribution in [0.1, 0.15) is 18.4 Å². The molecule has 5 heteroatoms. The molecule has 0 N–H and O–H groups in total. The Labute approximate surface area is 131 Å². The molecule has 2 saturated heterocycles. The largest absolute Gasteiger partial charge is 0.305 e. The number of carbonyl (C=O) groups excluding carboxylic acids is 2. The van der Waals surface area contributed by atoms with Crippen molar-refractivity contribution in [1.29, 1.82) is 0 Å². The van der Waals surface area contributed by atoms with Crippen LogP contribution in [-0.2, 0) is 9.59 Å². The van der Waals surface area contributed by atoms with Crippen LogP contribution in [0.2, 0.25) is 0 Å². The Hall–Kier alpha value is -1.72. The summed E-state index contributed by atoms with van der Waals surface area (Å²) in [6.45, 7) is 5.72. The van der Waals surface area contributed by atoms with E-state index in [9.17, 15) is 9.59 Å². The van der Waals surface area contributed by atoms with Crippen molar-refractivity contribution in [2.75, 3.05) is 38.1 Å². The first-order valence-corrected chi connectivity index (χ1v) is 7.92. The predicted molar refractivity (Wildman–Crippen MR) is 85.8 cm³/mol.